The van der Waals surface area contributed by atoms with Gasteiger partial charge in [0.25, 0.3) is 0 Å². The summed E-state index contributed by atoms with van der Waals surface area (Å²) in [5.74, 6) is 0.550. The van der Waals surface area contributed by atoms with Gasteiger partial charge in [-0.15, -0.1) is 0 Å². The maximum absolute atomic E-state index is 11.3. The van der Waals surface area contributed by atoms with Crippen LogP contribution in [0.4, 0.5) is 5.69 Å². The average Bonchev–Trinajstić information content (AvgIpc) is 2.43. The fourth-order valence-electron chi connectivity index (χ4n) is 1.50. The molecule has 1 rings (SSSR count). The highest BCUT2D eigenvalue weighted by atomic mass is 16.5. The van der Waals surface area contributed by atoms with E-state index in [4.69, 9.17) is 4.74 Å². The molecule has 98 valence electrons. The molecule has 0 fully saturated rings. The van der Waals surface area contributed by atoms with Crippen LogP contribution in [-0.4, -0.2) is 26.7 Å². The van der Waals surface area contributed by atoms with Gasteiger partial charge >= 0.3 is 5.97 Å². The first-order chi connectivity index (χ1) is 8.71. The van der Waals surface area contributed by atoms with Crippen LogP contribution in [0.25, 0.3) is 0 Å². The van der Waals surface area contributed by atoms with Crippen molar-refractivity contribution in [3.05, 3.63) is 35.9 Å². The number of ether oxygens (including phenoxy) is 2. The lowest BCUT2D eigenvalue weighted by Gasteiger charge is -2.06. The van der Waals surface area contributed by atoms with Gasteiger partial charge < -0.3 is 14.8 Å². The number of carbonyl (C=O) groups excluding carboxylic acids is 1. The summed E-state index contributed by atoms with van der Waals surface area (Å²) < 4.78 is 9.76. The Bertz CT molecular complexity index is 410. The average molecular weight is 249 g/mol. The smallest absolute Gasteiger partial charge is 0.333 e. The maximum atomic E-state index is 11.3. The van der Waals surface area contributed by atoms with E-state index in [9.17, 15) is 4.79 Å². The molecule has 0 amide bonds. The number of anilines is 1. The first-order valence-electron chi connectivity index (χ1n) is 5.86. The van der Waals surface area contributed by atoms with E-state index in [0.717, 1.165) is 11.4 Å². The summed E-state index contributed by atoms with van der Waals surface area (Å²) in [7, 11) is 3.03. The lowest BCUT2D eigenvalue weighted by molar-refractivity contribution is -0.136. The number of esters is 1. The Labute approximate surface area is 108 Å². The van der Waals surface area contributed by atoms with E-state index < -0.39 is 0 Å². The minimum absolute atomic E-state index is 0.269. The normalized spacial score (nSPS) is 10.9. The summed E-state index contributed by atoms with van der Waals surface area (Å²) >= 11 is 0. The summed E-state index contributed by atoms with van der Waals surface area (Å²) in [6.07, 6.45) is 2.51. The molecule has 0 aliphatic carbocycles. The lowest BCUT2D eigenvalue weighted by Crippen LogP contribution is -2.07. The topological polar surface area (TPSA) is 47.6 Å². The van der Waals surface area contributed by atoms with Crippen LogP contribution in [0.3, 0.4) is 0 Å². The quantitative estimate of drug-likeness (QED) is 0.622. The van der Waals surface area contributed by atoms with Crippen molar-refractivity contribution in [2.24, 2.45) is 0 Å². The molecule has 0 saturated carbocycles. The molecule has 0 aliphatic heterocycles. The Balaban J connectivity index is 2.53. The summed E-state index contributed by atoms with van der Waals surface area (Å²) in [6.45, 7) is 2.51. The van der Waals surface area contributed by atoms with Gasteiger partial charge in [-0.1, -0.05) is 13.0 Å². The van der Waals surface area contributed by atoms with Gasteiger partial charge in [-0.05, 0) is 30.7 Å². The maximum Gasteiger partial charge on any atom is 0.333 e. The zero-order chi connectivity index (χ0) is 13.4. The molecule has 0 aromatic heterocycles. The molecular weight excluding hydrogens is 230 g/mol. The minimum Gasteiger partial charge on any atom is -0.497 e. The van der Waals surface area contributed by atoms with Crippen LogP contribution in [0.15, 0.2) is 35.9 Å². The SMILES string of the molecule is CC/C(=C/CNc1ccc(OC)cc1)C(=O)OC. The van der Waals surface area contributed by atoms with Crippen LogP contribution in [0.5, 0.6) is 5.75 Å². The zero-order valence-corrected chi connectivity index (χ0v) is 11.0. The molecule has 0 bridgehead atoms. The second-order valence-electron chi connectivity index (χ2n) is 3.68. The monoisotopic (exact) mass is 249 g/mol. The van der Waals surface area contributed by atoms with Crippen LogP contribution < -0.4 is 10.1 Å². The summed E-state index contributed by atoms with van der Waals surface area (Å²) in [5, 5.41) is 3.20. The predicted molar refractivity (Wildman–Crippen MR) is 71.9 cm³/mol. The minimum atomic E-state index is -0.269. The number of benzene rings is 1. The van der Waals surface area contributed by atoms with Gasteiger partial charge in [-0.3, -0.25) is 0 Å². The Morgan fingerprint density at radius 2 is 1.94 bits per heavy atom. The van der Waals surface area contributed by atoms with Gasteiger partial charge in [0.05, 0.1) is 14.2 Å². The second-order valence-corrected chi connectivity index (χ2v) is 3.68. The van der Waals surface area contributed by atoms with Crippen LogP contribution in [0.1, 0.15) is 13.3 Å². The molecule has 0 atom stereocenters. The van der Waals surface area contributed by atoms with Crippen molar-refractivity contribution < 1.29 is 14.3 Å². The fraction of sp³-hybridized carbons (Fsp3) is 0.357. The number of methoxy groups -OCH3 is 2. The standard InChI is InChI=1S/C14H19NO3/c1-4-11(14(16)18-3)9-10-15-12-5-7-13(17-2)8-6-12/h5-9,15H,4,10H2,1-3H3/b11-9-. The van der Waals surface area contributed by atoms with Crippen molar-refractivity contribution in [2.75, 3.05) is 26.1 Å². The Morgan fingerprint density at radius 3 is 2.44 bits per heavy atom. The molecule has 0 spiro atoms. The van der Waals surface area contributed by atoms with Crippen molar-refractivity contribution in [1.82, 2.24) is 0 Å². The number of hydrogen-bond donors (Lipinski definition) is 1. The van der Waals surface area contributed by atoms with Crippen LogP contribution in [0.2, 0.25) is 0 Å². The number of carbonyl (C=O) groups is 1. The van der Waals surface area contributed by atoms with E-state index in [2.05, 4.69) is 10.1 Å². The highest BCUT2D eigenvalue weighted by molar-refractivity contribution is 5.88. The van der Waals surface area contributed by atoms with Crippen molar-refractivity contribution in [1.29, 1.82) is 0 Å². The van der Waals surface area contributed by atoms with Gasteiger partial charge in [0, 0.05) is 17.8 Å². The van der Waals surface area contributed by atoms with Crippen molar-refractivity contribution in [3.63, 3.8) is 0 Å². The Morgan fingerprint density at radius 1 is 1.28 bits per heavy atom. The van der Waals surface area contributed by atoms with E-state index in [1.54, 1.807) is 7.11 Å². The van der Waals surface area contributed by atoms with E-state index in [-0.39, 0.29) is 5.97 Å². The Kier molecular flexibility index (Phi) is 5.77. The molecule has 4 nitrogen and oxygen atoms in total. The third kappa shape index (κ3) is 4.13. The van der Waals surface area contributed by atoms with E-state index >= 15 is 0 Å². The van der Waals surface area contributed by atoms with Gasteiger partial charge in [-0.25, -0.2) is 4.79 Å². The third-order valence-corrected chi connectivity index (χ3v) is 2.57. The highest BCUT2D eigenvalue weighted by Gasteiger charge is 2.05. The van der Waals surface area contributed by atoms with Gasteiger partial charge in [0.1, 0.15) is 5.75 Å². The first kappa shape index (κ1) is 14.1. The van der Waals surface area contributed by atoms with Crippen LogP contribution in [0, 0.1) is 0 Å². The fourth-order valence-corrected chi connectivity index (χ4v) is 1.50. The van der Waals surface area contributed by atoms with Crippen molar-refractivity contribution >= 4 is 11.7 Å². The summed E-state index contributed by atoms with van der Waals surface area (Å²) in [6, 6.07) is 7.62. The van der Waals surface area contributed by atoms with E-state index in [1.807, 2.05) is 37.3 Å². The summed E-state index contributed by atoms with van der Waals surface area (Å²) in [5.41, 5.74) is 1.66. The van der Waals surface area contributed by atoms with Gasteiger partial charge in [0.2, 0.25) is 0 Å². The largest absolute Gasteiger partial charge is 0.497 e. The zero-order valence-electron chi connectivity index (χ0n) is 11.0. The van der Waals surface area contributed by atoms with E-state index in [0.29, 0.717) is 18.5 Å². The number of nitrogens with one attached hydrogen (secondary N) is 1. The second kappa shape index (κ2) is 7.37. The number of rotatable bonds is 6. The van der Waals surface area contributed by atoms with Gasteiger partial charge in [0.15, 0.2) is 0 Å². The predicted octanol–water partition coefficient (Wildman–Crippen LogP) is 2.62. The third-order valence-electron chi connectivity index (χ3n) is 2.57. The lowest BCUT2D eigenvalue weighted by atomic mass is 10.2. The molecule has 1 N–H and O–H groups in total. The molecular formula is C14H19NO3. The summed E-state index contributed by atoms with van der Waals surface area (Å²) in [4.78, 5) is 11.3. The van der Waals surface area contributed by atoms with Crippen LogP contribution >= 0.6 is 0 Å². The molecule has 4 heteroatoms. The van der Waals surface area contributed by atoms with Crippen LogP contribution in [-0.2, 0) is 9.53 Å². The Hall–Kier alpha value is -1.97. The first-order valence-corrected chi connectivity index (χ1v) is 5.86. The molecule has 0 unspecified atom stereocenters. The molecule has 0 aliphatic rings. The number of hydrogen-bond acceptors (Lipinski definition) is 4. The molecule has 0 radical (unpaired) electrons. The molecule has 18 heavy (non-hydrogen) atoms. The molecule has 1 aromatic carbocycles. The molecule has 0 saturated heterocycles. The van der Waals surface area contributed by atoms with Crippen molar-refractivity contribution in [3.8, 4) is 5.75 Å². The molecule has 1 aromatic rings. The highest BCUT2D eigenvalue weighted by Crippen LogP contribution is 2.14. The van der Waals surface area contributed by atoms with E-state index in [1.165, 1.54) is 7.11 Å². The van der Waals surface area contributed by atoms with Crippen molar-refractivity contribution in [2.45, 2.75) is 13.3 Å². The molecule has 0 heterocycles. The van der Waals surface area contributed by atoms with Gasteiger partial charge in [-0.2, -0.15) is 0 Å².